The van der Waals surface area contributed by atoms with E-state index in [0.29, 0.717) is 28.0 Å². The lowest BCUT2D eigenvalue weighted by Crippen LogP contribution is -2.14. The third-order valence-electron chi connectivity index (χ3n) is 4.47. The summed E-state index contributed by atoms with van der Waals surface area (Å²) in [4.78, 5) is 30.2. The van der Waals surface area contributed by atoms with E-state index in [9.17, 15) is 9.59 Å². The van der Waals surface area contributed by atoms with Crippen molar-refractivity contribution in [3.8, 4) is 5.75 Å². The summed E-state index contributed by atoms with van der Waals surface area (Å²) in [6, 6.07) is 19.8. The monoisotopic (exact) mass is 497 g/mol. The van der Waals surface area contributed by atoms with Crippen molar-refractivity contribution in [2.75, 3.05) is 23.0 Å². The summed E-state index contributed by atoms with van der Waals surface area (Å²) in [5.41, 5.74) is 1.93. The van der Waals surface area contributed by atoms with Gasteiger partial charge in [0, 0.05) is 21.2 Å². The summed E-state index contributed by atoms with van der Waals surface area (Å²) in [5, 5.41) is 6.75. The van der Waals surface area contributed by atoms with Gasteiger partial charge in [-0.1, -0.05) is 35.1 Å². The molecule has 0 bridgehead atoms. The molecule has 0 fully saturated rings. The highest BCUT2D eigenvalue weighted by molar-refractivity contribution is 8.00. The maximum atomic E-state index is 12.4. The van der Waals surface area contributed by atoms with Crippen LogP contribution in [0.25, 0.3) is 10.2 Å². The lowest BCUT2D eigenvalue weighted by atomic mass is 10.2. The fraction of sp³-hybridized carbons (Fsp3) is 0.125. The second-order valence-electron chi connectivity index (χ2n) is 6.91. The van der Waals surface area contributed by atoms with Gasteiger partial charge in [-0.25, -0.2) is 4.98 Å². The number of thiazole rings is 1. The molecule has 0 unspecified atom stereocenters. The molecule has 0 saturated heterocycles. The van der Waals surface area contributed by atoms with Crippen molar-refractivity contribution >= 4 is 67.5 Å². The van der Waals surface area contributed by atoms with Gasteiger partial charge in [0.15, 0.2) is 5.13 Å². The van der Waals surface area contributed by atoms with Crippen LogP contribution in [0.4, 0.5) is 10.8 Å². The number of fused-ring (bicyclic) bond motifs is 1. The SMILES string of the molecule is CCOc1ccc2nc(NC(=O)CSc3cccc(NC(=O)c4cccc(Cl)c4)c3)sc2c1. The number of carbonyl (C=O) groups is 2. The second-order valence-corrected chi connectivity index (χ2v) is 9.43. The van der Waals surface area contributed by atoms with Crippen LogP contribution in [0.15, 0.2) is 71.6 Å². The molecule has 1 aromatic heterocycles. The third kappa shape index (κ3) is 6.25. The molecule has 2 N–H and O–H groups in total. The first-order valence-electron chi connectivity index (χ1n) is 10.1. The molecule has 168 valence electrons. The number of anilines is 2. The van der Waals surface area contributed by atoms with Crippen LogP contribution < -0.4 is 15.4 Å². The Bertz CT molecular complexity index is 1310. The molecule has 4 rings (SSSR count). The molecule has 0 saturated carbocycles. The zero-order valence-electron chi connectivity index (χ0n) is 17.6. The number of nitrogens with one attached hydrogen (secondary N) is 2. The molecule has 0 aliphatic rings. The van der Waals surface area contributed by atoms with E-state index in [1.54, 1.807) is 30.3 Å². The largest absolute Gasteiger partial charge is 0.494 e. The van der Waals surface area contributed by atoms with Crippen molar-refractivity contribution < 1.29 is 14.3 Å². The Hall–Kier alpha value is -3.07. The summed E-state index contributed by atoms with van der Waals surface area (Å²) >= 11 is 8.74. The number of benzene rings is 3. The van der Waals surface area contributed by atoms with Crippen molar-refractivity contribution in [3.63, 3.8) is 0 Å². The maximum absolute atomic E-state index is 12.4. The Balaban J connectivity index is 1.34. The van der Waals surface area contributed by atoms with E-state index in [1.165, 1.54) is 23.1 Å². The number of aromatic nitrogens is 1. The molecule has 0 spiro atoms. The van der Waals surface area contributed by atoms with Gasteiger partial charge in [0.05, 0.1) is 22.6 Å². The summed E-state index contributed by atoms with van der Waals surface area (Å²) in [6.45, 7) is 2.53. The minimum atomic E-state index is -0.249. The number of hydrogen-bond donors (Lipinski definition) is 2. The average molecular weight is 498 g/mol. The molecule has 9 heteroatoms. The zero-order valence-corrected chi connectivity index (χ0v) is 20.0. The van der Waals surface area contributed by atoms with Gasteiger partial charge in [-0.3, -0.25) is 9.59 Å². The minimum absolute atomic E-state index is 0.155. The van der Waals surface area contributed by atoms with E-state index in [2.05, 4.69) is 15.6 Å². The first-order valence-corrected chi connectivity index (χ1v) is 12.3. The topological polar surface area (TPSA) is 80.3 Å². The normalized spacial score (nSPS) is 10.7. The van der Waals surface area contributed by atoms with Crippen LogP contribution in [0, 0.1) is 0 Å². The van der Waals surface area contributed by atoms with Gasteiger partial charge in [0.1, 0.15) is 5.75 Å². The molecular weight excluding hydrogens is 478 g/mol. The van der Waals surface area contributed by atoms with Crippen LogP contribution in [0.2, 0.25) is 5.02 Å². The van der Waals surface area contributed by atoms with Gasteiger partial charge in [-0.05, 0) is 61.5 Å². The summed E-state index contributed by atoms with van der Waals surface area (Å²) in [5.74, 6) is 0.592. The van der Waals surface area contributed by atoms with Gasteiger partial charge in [-0.15, -0.1) is 11.8 Å². The van der Waals surface area contributed by atoms with Gasteiger partial charge < -0.3 is 15.4 Å². The Kier molecular flexibility index (Phi) is 7.49. The summed E-state index contributed by atoms with van der Waals surface area (Å²) in [7, 11) is 0. The van der Waals surface area contributed by atoms with Crippen molar-refractivity contribution in [2.45, 2.75) is 11.8 Å². The van der Waals surface area contributed by atoms with Crippen molar-refractivity contribution in [2.24, 2.45) is 0 Å². The third-order valence-corrected chi connectivity index (χ3v) is 6.63. The molecule has 0 aliphatic carbocycles. The van der Waals surface area contributed by atoms with E-state index in [1.807, 2.05) is 43.3 Å². The minimum Gasteiger partial charge on any atom is -0.494 e. The number of ether oxygens (including phenoxy) is 1. The number of amides is 2. The highest BCUT2D eigenvalue weighted by Crippen LogP contribution is 2.30. The van der Waals surface area contributed by atoms with Crippen LogP contribution >= 0.6 is 34.7 Å². The number of thioether (sulfide) groups is 1. The van der Waals surface area contributed by atoms with E-state index < -0.39 is 0 Å². The predicted molar refractivity (Wildman–Crippen MR) is 136 cm³/mol. The molecule has 1 heterocycles. The highest BCUT2D eigenvalue weighted by atomic mass is 35.5. The second kappa shape index (κ2) is 10.7. The fourth-order valence-corrected chi connectivity index (χ4v) is 4.87. The number of carbonyl (C=O) groups excluding carboxylic acids is 2. The lowest BCUT2D eigenvalue weighted by molar-refractivity contribution is -0.113. The van der Waals surface area contributed by atoms with Gasteiger partial charge >= 0.3 is 0 Å². The number of hydrogen-bond acceptors (Lipinski definition) is 6. The van der Waals surface area contributed by atoms with Crippen molar-refractivity contribution in [1.82, 2.24) is 4.98 Å². The molecule has 0 aliphatic heterocycles. The van der Waals surface area contributed by atoms with Crippen LogP contribution in [0.3, 0.4) is 0 Å². The molecule has 0 radical (unpaired) electrons. The lowest BCUT2D eigenvalue weighted by Gasteiger charge is -2.08. The molecule has 33 heavy (non-hydrogen) atoms. The van der Waals surface area contributed by atoms with E-state index >= 15 is 0 Å². The standard InChI is InChI=1S/C24H20ClN3O3S2/c1-2-31-18-9-10-20-21(13-18)33-24(27-20)28-22(29)14-32-19-8-4-7-17(12-19)26-23(30)15-5-3-6-16(25)11-15/h3-13H,2,14H2,1H3,(H,26,30)(H,27,28,29). The van der Waals surface area contributed by atoms with Gasteiger partial charge in [-0.2, -0.15) is 0 Å². The number of halogens is 1. The molecule has 4 aromatic rings. The highest BCUT2D eigenvalue weighted by Gasteiger charge is 2.11. The fourth-order valence-electron chi connectivity index (χ4n) is 3.02. The maximum Gasteiger partial charge on any atom is 0.255 e. The van der Waals surface area contributed by atoms with Crippen LogP contribution in [-0.2, 0) is 4.79 Å². The van der Waals surface area contributed by atoms with Crippen LogP contribution in [0.5, 0.6) is 5.75 Å². The zero-order chi connectivity index (χ0) is 23.2. The summed E-state index contributed by atoms with van der Waals surface area (Å²) in [6.07, 6.45) is 0. The van der Waals surface area contributed by atoms with Crippen molar-refractivity contribution in [1.29, 1.82) is 0 Å². The molecule has 0 atom stereocenters. The molecule has 2 amide bonds. The quantitative estimate of drug-likeness (QED) is 0.278. The molecule has 6 nitrogen and oxygen atoms in total. The van der Waals surface area contributed by atoms with E-state index in [4.69, 9.17) is 16.3 Å². The molecule has 3 aromatic carbocycles. The van der Waals surface area contributed by atoms with E-state index in [-0.39, 0.29) is 17.6 Å². The van der Waals surface area contributed by atoms with Crippen LogP contribution in [0.1, 0.15) is 17.3 Å². The van der Waals surface area contributed by atoms with Gasteiger partial charge in [0.25, 0.3) is 5.91 Å². The Morgan fingerprint density at radius 3 is 2.73 bits per heavy atom. The van der Waals surface area contributed by atoms with Crippen molar-refractivity contribution in [3.05, 3.63) is 77.3 Å². The van der Waals surface area contributed by atoms with E-state index in [0.717, 1.165) is 20.9 Å². The smallest absolute Gasteiger partial charge is 0.255 e. The summed E-state index contributed by atoms with van der Waals surface area (Å²) < 4.78 is 6.46. The Morgan fingerprint density at radius 1 is 1.06 bits per heavy atom. The predicted octanol–water partition coefficient (Wildman–Crippen LogP) is 6.33. The molecular formula is C24H20ClN3O3S2. The first-order chi connectivity index (χ1) is 16.0. The Labute approximate surface area is 204 Å². The Morgan fingerprint density at radius 2 is 1.91 bits per heavy atom. The number of rotatable bonds is 8. The average Bonchev–Trinajstić information content (AvgIpc) is 3.19. The number of nitrogens with zero attached hydrogens (tertiary/aromatic N) is 1. The van der Waals surface area contributed by atoms with Crippen LogP contribution in [-0.4, -0.2) is 29.2 Å². The van der Waals surface area contributed by atoms with Gasteiger partial charge in [0.2, 0.25) is 5.91 Å². The first kappa shape index (κ1) is 23.1.